The van der Waals surface area contributed by atoms with Crippen molar-refractivity contribution in [1.29, 1.82) is 0 Å². The zero-order valence-corrected chi connectivity index (χ0v) is 9.64. The van der Waals surface area contributed by atoms with Crippen LogP contribution in [0, 0.1) is 25.5 Å². The minimum atomic E-state index is -0.859. The van der Waals surface area contributed by atoms with E-state index in [1.165, 1.54) is 6.07 Å². The summed E-state index contributed by atoms with van der Waals surface area (Å²) in [4.78, 5) is 7.38. The van der Waals surface area contributed by atoms with Gasteiger partial charge < -0.3 is 10.3 Å². The number of nitrogens with zero attached hydrogens (tertiary/aromatic N) is 1. The minimum absolute atomic E-state index is 0.444. The number of anilines is 1. The average Bonchev–Trinajstić information content (AvgIpc) is 2.60. The van der Waals surface area contributed by atoms with Gasteiger partial charge in [0.15, 0.2) is 11.6 Å². The number of hydrogen-bond acceptors (Lipinski definition) is 2. The summed E-state index contributed by atoms with van der Waals surface area (Å²) in [6.45, 7) is 4.29. The van der Waals surface area contributed by atoms with Crippen LogP contribution in [-0.2, 0) is 6.54 Å². The average molecular weight is 237 g/mol. The number of aryl methyl sites for hydroxylation is 2. The molecule has 2 rings (SSSR count). The zero-order valence-electron chi connectivity index (χ0n) is 9.64. The van der Waals surface area contributed by atoms with Gasteiger partial charge in [0.05, 0.1) is 12.2 Å². The Morgan fingerprint density at radius 1 is 1.24 bits per heavy atom. The third kappa shape index (κ3) is 2.61. The molecule has 0 bridgehead atoms. The van der Waals surface area contributed by atoms with Crippen molar-refractivity contribution in [3.8, 4) is 0 Å². The quantitative estimate of drug-likeness (QED) is 0.861. The summed E-state index contributed by atoms with van der Waals surface area (Å²) in [6, 6.07) is 3.70. The SMILES string of the molecule is Cc1nc(CNc2ccc(F)c(F)c2)[nH]c1C. The van der Waals surface area contributed by atoms with Gasteiger partial charge in [-0.25, -0.2) is 13.8 Å². The summed E-state index contributed by atoms with van der Waals surface area (Å²) >= 11 is 0. The highest BCUT2D eigenvalue weighted by atomic mass is 19.2. The molecule has 0 atom stereocenters. The van der Waals surface area contributed by atoms with Gasteiger partial charge >= 0.3 is 0 Å². The molecule has 0 saturated carbocycles. The lowest BCUT2D eigenvalue weighted by Gasteiger charge is -2.04. The second kappa shape index (κ2) is 4.53. The number of hydrogen-bond donors (Lipinski definition) is 2. The third-order valence-electron chi connectivity index (χ3n) is 2.56. The summed E-state index contributed by atoms with van der Waals surface area (Å²) in [5.41, 5.74) is 2.47. The number of nitrogens with one attached hydrogen (secondary N) is 2. The van der Waals surface area contributed by atoms with Gasteiger partial charge in [-0.15, -0.1) is 0 Å². The predicted molar refractivity (Wildman–Crippen MR) is 61.7 cm³/mol. The maximum atomic E-state index is 12.9. The second-order valence-electron chi connectivity index (χ2n) is 3.88. The van der Waals surface area contributed by atoms with E-state index in [1.807, 2.05) is 13.8 Å². The fourth-order valence-corrected chi connectivity index (χ4v) is 1.50. The standard InChI is InChI=1S/C12H13F2N3/c1-7-8(2)17-12(16-7)6-15-9-3-4-10(13)11(14)5-9/h3-5,15H,6H2,1-2H3,(H,16,17). The minimum Gasteiger partial charge on any atom is -0.378 e. The Labute approximate surface area is 97.9 Å². The van der Waals surface area contributed by atoms with Gasteiger partial charge in [-0.2, -0.15) is 0 Å². The van der Waals surface area contributed by atoms with E-state index in [2.05, 4.69) is 15.3 Å². The third-order valence-corrected chi connectivity index (χ3v) is 2.56. The summed E-state index contributed by atoms with van der Waals surface area (Å²) in [5.74, 6) is -0.938. The lowest BCUT2D eigenvalue weighted by molar-refractivity contribution is 0.509. The van der Waals surface area contributed by atoms with Crippen LogP contribution in [-0.4, -0.2) is 9.97 Å². The van der Waals surface area contributed by atoms with Crippen LogP contribution in [0.2, 0.25) is 0 Å². The Bertz CT molecular complexity index is 515. The van der Waals surface area contributed by atoms with Crippen molar-refractivity contribution in [2.75, 3.05) is 5.32 Å². The number of benzene rings is 1. The largest absolute Gasteiger partial charge is 0.378 e. The van der Waals surface area contributed by atoms with E-state index in [1.54, 1.807) is 0 Å². The van der Waals surface area contributed by atoms with E-state index in [9.17, 15) is 8.78 Å². The molecular formula is C12H13F2N3. The number of aromatic amines is 1. The van der Waals surface area contributed by atoms with Crippen molar-refractivity contribution >= 4 is 5.69 Å². The summed E-state index contributed by atoms with van der Waals surface area (Å²) in [7, 11) is 0. The lowest BCUT2D eigenvalue weighted by Crippen LogP contribution is -2.02. The summed E-state index contributed by atoms with van der Waals surface area (Å²) < 4.78 is 25.6. The van der Waals surface area contributed by atoms with Crippen molar-refractivity contribution < 1.29 is 8.78 Å². The topological polar surface area (TPSA) is 40.7 Å². The molecule has 2 aromatic rings. The molecule has 2 N–H and O–H groups in total. The molecule has 0 aliphatic heterocycles. The van der Waals surface area contributed by atoms with Crippen molar-refractivity contribution in [3.05, 3.63) is 47.0 Å². The molecule has 0 fully saturated rings. The molecule has 0 radical (unpaired) electrons. The van der Waals surface area contributed by atoms with E-state index in [-0.39, 0.29) is 0 Å². The molecule has 1 aromatic carbocycles. The molecule has 0 spiro atoms. The molecule has 5 heteroatoms. The molecule has 90 valence electrons. The molecular weight excluding hydrogens is 224 g/mol. The fraction of sp³-hybridized carbons (Fsp3) is 0.250. The van der Waals surface area contributed by atoms with Crippen LogP contribution < -0.4 is 5.32 Å². The van der Waals surface area contributed by atoms with Crippen molar-refractivity contribution in [3.63, 3.8) is 0 Å². The number of imidazole rings is 1. The number of H-pyrrole nitrogens is 1. The first-order chi connectivity index (χ1) is 8.06. The van der Waals surface area contributed by atoms with Crippen LogP contribution in [0.1, 0.15) is 17.2 Å². The van der Waals surface area contributed by atoms with E-state index in [0.29, 0.717) is 12.2 Å². The van der Waals surface area contributed by atoms with Crippen molar-refractivity contribution in [2.24, 2.45) is 0 Å². The highest BCUT2D eigenvalue weighted by Gasteiger charge is 2.04. The lowest BCUT2D eigenvalue weighted by atomic mass is 10.3. The van der Waals surface area contributed by atoms with Crippen LogP contribution in [0.5, 0.6) is 0 Å². The highest BCUT2D eigenvalue weighted by molar-refractivity contribution is 5.43. The van der Waals surface area contributed by atoms with Crippen LogP contribution in [0.25, 0.3) is 0 Å². The number of aromatic nitrogens is 2. The Morgan fingerprint density at radius 3 is 2.59 bits per heavy atom. The monoisotopic (exact) mass is 237 g/mol. The maximum Gasteiger partial charge on any atom is 0.160 e. The van der Waals surface area contributed by atoms with Crippen LogP contribution in [0.3, 0.4) is 0 Å². The van der Waals surface area contributed by atoms with Crippen LogP contribution >= 0.6 is 0 Å². The molecule has 17 heavy (non-hydrogen) atoms. The zero-order chi connectivity index (χ0) is 12.4. The molecule has 0 aliphatic carbocycles. The van der Waals surface area contributed by atoms with Gasteiger partial charge in [0, 0.05) is 17.4 Å². The van der Waals surface area contributed by atoms with E-state index in [4.69, 9.17) is 0 Å². The Balaban J connectivity index is 2.04. The van der Waals surface area contributed by atoms with Gasteiger partial charge in [0.2, 0.25) is 0 Å². The number of rotatable bonds is 3. The van der Waals surface area contributed by atoms with E-state index in [0.717, 1.165) is 29.3 Å². The molecule has 1 heterocycles. The Hall–Kier alpha value is -1.91. The van der Waals surface area contributed by atoms with Gasteiger partial charge in [0.25, 0.3) is 0 Å². The molecule has 3 nitrogen and oxygen atoms in total. The molecule has 1 aromatic heterocycles. The molecule has 0 unspecified atom stereocenters. The van der Waals surface area contributed by atoms with Crippen molar-refractivity contribution in [2.45, 2.75) is 20.4 Å². The fourth-order valence-electron chi connectivity index (χ4n) is 1.50. The number of halogens is 2. The summed E-state index contributed by atoms with van der Waals surface area (Å²) in [5, 5.41) is 2.97. The molecule has 0 saturated heterocycles. The first-order valence-corrected chi connectivity index (χ1v) is 5.27. The maximum absolute atomic E-state index is 12.9. The first kappa shape index (κ1) is 11.6. The van der Waals surface area contributed by atoms with E-state index >= 15 is 0 Å². The second-order valence-corrected chi connectivity index (χ2v) is 3.88. The summed E-state index contributed by atoms with van der Waals surface area (Å²) in [6.07, 6.45) is 0. The normalized spacial score (nSPS) is 10.6. The highest BCUT2D eigenvalue weighted by Crippen LogP contribution is 2.14. The van der Waals surface area contributed by atoms with Gasteiger partial charge in [-0.3, -0.25) is 0 Å². The predicted octanol–water partition coefficient (Wildman–Crippen LogP) is 2.92. The van der Waals surface area contributed by atoms with Gasteiger partial charge in [0.1, 0.15) is 5.82 Å². The Kier molecular flexibility index (Phi) is 3.08. The van der Waals surface area contributed by atoms with Gasteiger partial charge in [-0.05, 0) is 26.0 Å². The van der Waals surface area contributed by atoms with E-state index < -0.39 is 11.6 Å². The molecule has 0 amide bonds. The smallest absolute Gasteiger partial charge is 0.160 e. The molecule has 0 aliphatic rings. The van der Waals surface area contributed by atoms with Crippen LogP contribution in [0.4, 0.5) is 14.5 Å². The Morgan fingerprint density at radius 2 is 2.00 bits per heavy atom. The first-order valence-electron chi connectivity index (χ1n) is 5.27. The van der Waals surface area contributed by atoms with Gasteiger partial charge in [-0.1, -0.05) is 0 Å². The van der Waals surface area contributed by atoms with Crippen LogP contribution in [0.15, 0.2) is 18.2 Å². The van der Waals surface area contributed by atoms with Crippen molar-refractivity contribution in [1.82, 2.24) is 9.97 Å².